The minimum absolute atomic E-state index is 0.196. The first-order chi connectivity index (χ1) is 7.27. The average molecular weight is 206 g/mol. The largest absolute Gasteiger partial charge is 0.376 e. The molecular weight excluding hydrogens is 188 g/mol. The monoisotopic (exact) mass is 206 g/mol. The summed E-state index contributed by atoms with van der Waals surface area (Å²) < 4.78 is 5.71. The Hall–Kier alpha value is -0.930. The number of hydrogen-bond donors (Lipinski definition) is 1. The van der Waals surface area contributed by atoms with Crippen LogP contribution in [0, 0.1) is 6.92 Å². The van der Waals surface area contributed by atoms with Crippen LogP contribution in [-0.2, 0) is 4.74 Å². The molecule has 1 aliphatic heterocycles. The molecule has 1 N–H and O–H groups in total. The predicted molar refractivity (Wildman–Crippen MR) is 59.7 cm³/mol. The van der Waals surface area contributed by atoms with E-state index in [4.69, 9.17) is 4.74 Å². The van der Waals surface area contributed by atoms with Gasteiger partial charge in [0.15, 0.2) is 0 Å². The van der Waals surface area contributed by atoms with Crippen LogP contribution in [0.2, 0.25) is 0 Å². The Morgan fingerprint density at radius 2 is 2.33 bits per heavy atom. The molecule has 1 fully saturated rings. The summed E-state index contributed by atoms with van der Waals surface area (Å²) in [5.41, 5.74) is 2.15. The molecule has 0 radical (unpaired) electrons. The molecule has 0 aliphatic carbocycles. The molecule has 1 aromatic heterocycles. The molecule has 1 saturated heterocycles. The first-order valence-corrected chi connectivity index (χ1v) is 5.56. The molecule has 82 valence electrons. The zero-order valence-corrected chi connectivity index (χ0v) is 9.36. The van der Waals surface area contributed by atoms with Crippen LogP contribution < -0.4 is 5.32 Å². The highest BCUT2D eigenvalue weighted by molar-refractivity contribution is 5.14. The highest BCUT2D eigenvalue weighted by Crippen LogP contribution is 2.19. The third kappa shape index (κ3) is 2.55. The van der Waals surface area contributed by atoms with Crippen LogP contribution in [0.4, 0.5) is 0 Å². The van der Waals surface area contributed by atoms with Crippen LogP contribution >= 0.6 is 0 Å². The van der Waals surface area contributed by atoms with E-state index in [0.29, 0.717) is 0 Å². The lowest BCUT2D eigenvalue weighted by atomic mass is 10.1. The molecule has 0 aromatic carbocycles. The molecule has 0 saturated carbocycles. The number of rotatable bonds is 1. The smallest absolute Gasteiger partial charge is 0.0758 e. The van der Waals surface area contributed by atoms with Gasteiger partial charge in [0.05, 0.1) is 17.8 Å². The molecule has 3 heteroatoms. The zero-order chi connectivity index (χ0) is 10.7. The van der Waals surface area contributed by atoms with Crippen LogP contribution in [0.15, 0.2) is 18.2 Å². The van der Waals surface area contributed by atoms with E-state index in [0.717, 1.165) is 31.0 Å². The molecule has 1 aliphatic rings. The van der Waals surface area contributed by atoms with Crippen molar-refractivity contribution in [1.29, 1.82) is 0 Å². The minimum atomic E-state index is 0.196. The van der Waals surface area contributed by atoms with E-state index < -0.39 is 0 Å². The number of nitrogens with one attached hydrogen (secondary N) is 1. The van der Waals surface area contributed by atoms with Crippen molar-refractivity contribution in [2.45, 2.75) is 32.4 Å². The Morgan fingerprint density at radius 1 is 1.47 bits per heavy atom. The molecule has 2 heterocycles. The van der Waals surface area contributed by atoms with Crippen molar-refractivity contribution in [3.05, 3.63) is 29.6 Å². The quantitative estimate of drug-likeness (QED) is 0.761. The lowest BCUT2D eigenvalue weighted by Gasteiger charge is -2.21. The fourth-order valence-corrected chi connectivity index (χ4v) is 1.94. The maximum Gasteiger partial charge on any atom is 0.0758 e. The van der Waals surface area contributed by atoms with Gasteiger partial charge in [0.2, 0.25) is 0 Å². The van der Waals surface area contributed by atoms with Crippen LogP contribution in [0.5, 0.6) is 0 Å². The van der Waals surface area contributed by atoms with E-state index in [9.17, 15) is 0 Å². The molecule has 3 nitrogen and oxygen atoms in total. The van der Waals surface area contributed by atoms with Gasteiger partial charge in [0.1, 0.15) is 0 Å². The molecular formula is C12H18N2O. The lowest BCUT2D eigenvalue weighted by molar-refractivity contribution is 0.0551. The van der Waals surface area contributed by atoms with Crippen LogP contribution in [0.1, 0.15) is 30.8 Å². The van der Waals surface area contributed by atoms with Crippen LogP contribution in [0.3, 0.4) is 0 Å². The first-order valence-electron chi connectivity index (χ1n) is 5.56. The topological polar surface area (TPSA) is 34.1 Å². The zero-order valence-electron chi connectivity index (χ0n) is 9.36. The molecule has 2 atom stereocenters. The average Bonchev–Trinajstić information content (AvgIpc) is 2.43. The van der Waals surface area contributed by atoms with Gasteiger partial charge in [0.25, 0.3) is 0 Å². The Kier molecular flexibility index (Phi) is 3.34. The van der Waals surface area contributed by atoms with Crippen LogP contribution in [-0.4, -0.2) is 24.2 Å². The van der Waals surface area contributed by atoms with Gasteiger partial charge in [-0.25, -0.2) is 0 Å². The Bertz CT molecular complexity index is 327. The molecule has 0 amide bonds. The number of pyridine rings is 1. The number of aromatic nitrogens is 1. The highest BCUT2D eigenvalue weighted by atomic mass is 16.5. The minimum Gasteiger partial charge on any atom is -0.376 e. The summed E-state index contributed by atoms with van der Waals surface area (Å²) in [7, 11) is 0. The van der Waals surface area contributed by atoms with Crippen molar-refractivity contribution in [1.82, 2.24) is 10.3 Å². The summed E-state index contributed by atoms with van der Waals surface area (Å²) >= 11 is 0. The maximum atomic E-state index is 5.71. The molecule has 0 bridgehead atoms. The molecule has 2 rings (SSSR count). The van der Waals surface area contributed by atoms with Gasteiger partial charge >= 0.3 is 0 Å². The predicted octanol–water partition coefficient (Wildman–Crippen LogP) is 1.83. The first kappa shape index (κ1) is 10.6. The third-order valence-electron chi connectivity index (χ3n) is 2.76. The van der Waals surface area contributed by atoms with Gasteiger partial charge in [-0.05, 0) is 38.9 Å². The Balaban J connectivity index is 2.20. The normalized spacial score (nSPS) is 27.3. The second-order valence-electron chi connectivity index (χ2n) is 4.07. The van der Waals surface area contributed by atoms with Crippen LogP contribution in [0.25, 0.3) is 0 Å². The Labute approximate surface area is 90.9 Å². The van der Waals surface area contributed by atoms with Crippen molar-refractivity contribution in [2.75, 3.05) is 13.2 Å². The summed E-state index contributed by atoms with van der Waals surface area (Å²) in [6.07, 6.45) is 1.27. The van der Waals surface area contributed by atoms with E-state index in [1.807, 2.05) is 13.0 Å². The second kappa shape index (κ2) is 4.73. The van der Waals surface area contributed by atoms with Gasteiger partial charge in [-0.1, -0.05) is 6.07 Å². The summed E-state index contributed by atoms with van der Waals surface area (Å²) in [4.78, 5) is 4.55. The summed E-state index contributed by atoms with van der Waals surface area (Å²) in [6, 6.07) is 6.37. The van der Waals surface area contributed by atoms with Gasteiger partial charge in [-0.2, -0.15) is 0 Å². The molecule has 0 spiro atoms. The van der Waals surface area contributed by atoms with E-state index >= 15 is 0 Å². The highest BCUT2D eigenvalue weighted by Gasteiger charge is 2.22. The Morgan fingerprint density at radius 3 is 3.13 bits per heavy atom. The van der Waals surface area contributed by atoms with Crippen molar-refractivity contribution < 1.29 is 4.74 Å². The summed E-state index contributed by atoms with van der Waals surface area (Å²) in [5.74, 6) is 0. The van der Waals surface area contributed by atoms with Gasteiger partial charge in [-0.3, -0.25) is 4.98 Å². The lowest BCUT2D eigenvalue weighted by Crippen LogP contribution is -2.30. The number of ether oxygens (including phenoxy) is 1. The van der Waals surface area contributed by atoms with Crippen molar-refractivity contribution >= 4 is 0 Å². The van der Waals surface area contributed by atoms with E-state index in [2.05, 4.69) is 29.4 Å². The second-order valence-corrected chi connectivity index (χ2v) is 4.07. The summed E-state index contributed by atoms with van der Waals surface area (Å²) in [6.45, 7) is 5.97. The van der Waals surface area contributed by atoms with E-state index in [-0.39, 0.29) is 12.1 Å². The van der Waals surface area contributed by atoms with Crippen molar-refractivity contribution in [3.8, 4) is 0 Å². The number of aryl methyl sites for hydroxylation is 1. The van der Waals surface area contributed by atoms with Gasteiger partial charge in [0, 0.05) is 12.3 Å². The van der Waals surface area contributed by atoms with Gasteiger partial charge < -0.3 is 10.1 Å². The van der Waals surface area contributed by atoms with E-state index in [1.165, 1.54) is 0 Å². The SMILES string of the molecule is Cc1cccc(C2NCCCOC2C)n1. The fraction of sp³-hybridized carbons (Fsp3) is 0.583. The fourth-order valence-electron chi connectivity index (χ4n) is 1.94. The number of hydrogen-bond acceptors (Lipinski definition) is 3. The van der Waals surface area contributed by atoms with Crippen molar-refractivity contribution in [3.63, 3.8) is 0 Å². The maximum absolute atomic E-state index is 5.71. The standard InChI is InChI=1S/C12H18N2O/c1-9-5-3-6-11(14-9)12-10(2)15-8-4-7-13-12/h3,5-6,10,12-13H,4,7-8H2,1-2H3. The van der Waals surface area contributed by atoms with Gasteiger partial charge in [-0.15, -0.1) is 0 Å². The summed E-state index contributed by atoms with van der Waals surface area (Å²) in [5, 5.41) is 3.49. The van der Waals surface area contributed by atoms with Crippen molar-refractivity contribution in [2.24, 2.45) is 0 Å². The third-order valence-corrected chi connectivity index (χ3v) is 2.76. The number of nitrogens with zero attached hydrogens (tertiary/aromatic N) is 1. The van der Waals surface area contributed by atoms with E-state index in [1.54, 1.807) is 0 Å². The molecule has 15 heavy (non-hydrogen) atoms. The molecule has 1 aromatic rings. The molecule has 2 unspecified atom stereocenters.